The molecule has 0 spiro atoms. The minimum atomic E-state index is -0.0686. The standard InChI is InChI=1S/C20H18ClN3O3/c1-13(24-14(2)25)3-4-15-5-8-20(22-10-15)27-19-7-6-16(9-18(19)21)17-11-23-26-12-17/h3-13H,1-2H3,(H,24,25)/b4-3+/t13-/m0/s1. The maximum atomic E-state index is 11.0. The molecule has 7 heteroatoms. The Morgan fingerprint density at radius 3 is 2.74 bits per heavy atom. The largest absolute Gasteiger partial charge is 0.437 e. The Morgan fingerprint density at radius 2 is 2.11 bits per heavy atom. The van der Waals surface area contributed by atoms with Crippen molar-refractivity contribution in [2.75, 3.05) is 0 Å². The summed E-state index contributed by atoms with van der Waals surface area (Å²) < 4.78 is 10.6. The molecule has 1 N–H and O–H groups in total. The van der Waals surface area contributed by atoms with Crippen LogP contribution in [0.3, 0.4) is 0 Å². The summed E-state index contributed by atoms with van der Waals surface area (Å²) in [5.41, 5.74) is 2.62. The molecular weight excluding hydrogens is 366 g/mol. The number of nitrogens with zero attached hydrogens (tertiary/aromatic N) is 2. The highest BCUT2D eigenvalue weighted by atomic mass is 35.5. The predicted molar refractivity (Wildman–Crippen MR) is 104 cm³/mol. The average molecular weight is 384 g/mol. The Hall–Kier alpha value is -3.12. The van der Waals surface area contributed by atoms with Crippen LogP contribution in [0.4, 0.5) is 0 Å². The molecule has 1 amide bonds. The molecule has 3 rings (SSSR count). The Labute approximate surface area is 161 Å². The maximum Gasteiger partial charge on any atom is 0.219 e. The van der Waals surface area contributed by atoms with Gasteiger partial charge in [0.15, 0.2) is 0 Å². The van der Waals surface area contributed by atoms with Crippen molar-refractivity contribution >= 4 is 23.6 Å². The van der Waals surface area contributed by atoms with Crippen LogP contribution in [-0.4, -0.2) is 22.1 Å². The van der Waals surface area contributed by atoms with Crippen LogP contribution in [0.1, 0.15) is 19.4 Å². The van der Waals surface area contributed by atoms with Crippen LogP contribution in [0.25, 0.3) is 17.2 Å². The molecular formula is C20H18ClN3O3. The van der Waals surface area contributed by atoms with E-state index in [4.69, 9.17) is 20.9 Å². The van der Waals surface area contributed by atoms with E-state index in [1.807, 2.05) is 31.2 Å². The first kappa shape index (κ1) is 18.7. The summed E-state index contributed by atoms with van der Waals surface area (Å²) in [5.74, 6) is 0.870. The van der Waals surface area contributed by atoms with Gasteiger partial charge in [0, 0.05) is 30.8 Å². The third-order valence-electron chi connectivity index (χ3n) is 3.68. The Balaban J connectivity index is 1.66. The molecule has 0 saturated carbocycles. The van der Waals surface area contributed by atoms with Crippen molar-refractivity contribution in [2.45, 2.75) is 19.9 Å². The third-order valence-corrected chi connectivity index (χ3v) is 3.97. The molecule has 0 unspecified atom stereocenters. The number of nitrogens with one attached hydrogen (secondary N) is 1. The zero-order valence-electron chi connectivity index (χ0n) is 14.8. The third kappa shape index (κ3) is 5.18. The summed E-state index contributed by atoms with van der Waals surface area (Å²) in [6.07, 6.45) is 8.63. The predicted octanol–water partition coefficient (Wildman–Crippen LogP) is 4.72. The van der Waals surface area contributed by atoms with Gasteiger partial charge >= 0.3 is 0 Å². The summed E-state index contributed by atoms with van der Waals surface area (Å²) >= 11 is 6.30. The molecule has 0 aliphatic rings. The van der Waals surface area contributed by atoms with E-state index in [2.05, 4.69) is 15.5 Å². The minimum Gasteiger partial charge on any atom is -0.437 e. The molecule has 0 aliphatic heterocycles. The quantitative estimate of drug-likeness (QED) is 0.666. The van der Waals surface area contributed by atoms with Crippen LogP contribution in [0, 0.1) is 0 Å². The summed E-state index contributed by atoms with van der Waals surface area (Å²) in [4.78, 5) is 15.3. The van der Waals surface area contributed by atoms with Gasteiger partial charge < -0.3 is 14.6 Å². The summed E-state index contributed by atoms with van der Waals surface area (Å²) in [7, 11) is 0. The lowest BCUT2D eigenvalue weighted by Crippen LogP contribution is -2.28. The van der Waals surface area contributed by atoms with E-state index in [9.17, 15) is 4.79 Å². The Bertz CT molecular complexity index is 938. The molecule has 0 fully saturated rings. The lowest BCUT2D eigenvalue weighted by atomic mass is 10.1. The van der Waals surface area contributed by atoms with Crippen molar-refractivity contribution < 1.29 is 14.1 Å². The van der Waals surface area contributed by atoms with Crippen LogP contribution in [0.15, 0.2) is 59.6 Å². The van der Waals surface area contributed by atoms with Crippen molar-refractivity contribution in [3.63, 3.8) is 0 Å². The van der Waals surface area contributed by atoms with E-state index in [0.717, 1.165) is 16.7 Å². The SMILES string of the molecule is CC(=O)N[C@@H](C)/C=C/c1ccc(Oc2ccc(-c3cnoc3)cc2Cl)nc1. The van der Waals surface area contributed by atoms with Gasteiger partial charge in [-0.05, 0) is 36.2 Å². The molecule has 27 heavy (non-hydrogen) atoms. The number of benzene rings is 1. The first-order chi connectivity index (χ1) is 13.0. The summed E-state index contributed by atoms with van der Waals surface area (Å²) in [6, 6.07) is 9.00. The molecule has 2 heterocycles. The molecule has 3 aromatic rings. The lowest BCUT2D eigenvalue weighted by Gasteiger charge is -2.08. The van der Waals surface area contributed by atoms with E-state index in [-0.39, 0.29) is 11.9 Å². The maximum absolute atomic E-state index is 11.0. The van der Waals surface area contributed by atoms with Crippen molar-refractivity contribution in [3.8, 4) is 22.8 Å². The van der Waals surface area contributed by atoms with Crippen LogP contribution in [0.2, 0.25) is 5.02 Å². The van der Waals surface area contributed by atoms with Gasteiger partial charge in [0.05, 0.1) is 11.2 Å². The fourth-order valence-electron chi connectivity index (χ4n) is 2.40. The van der Waals surface area contributed by atoms with Gasteiger partial charge in [-0.2, -0.15) is 0 Å². The van der Waals surface area contributed by atoms with E-state index in [1.54, 1.807) is 36.9 Å². The highest BCUT2D eigenvalue weighted by Gasteiger charge is 2.08. The molecule has 1 atom stereocenters. The second-order valence-electron chi connectivity index (χ2n) is 5.94. The summed E-state index contributed by atoms with van der Waals surface area (Å²) in [5, 5.41) is 6.93. The number of rotatable bonds is 6. The van der Waals surface area contributed by atoms with Gasteiger partial charge in [0.1, 0.15) is 12.0 Å². The smallest absolute Gasteiger partial charge is 0.219 e. The van der Waals surface area contributed by atoms with Crippen molar-refractivity contribution in [1.82, 2.24) is 15.5 Å². The normalized spacial score (nSPS) is 12.1. The topological polar surface area (TPSA) is 77.2 Å². The van der Waals surface area contributed by atoms with Crippen LogP contribution >= 0.6 is 11.6 Å². The van der Waals surface area contributed by atoms with Crippen molar-refractivity contribution in [1.29, 1.82) is 0 Å². The minimum absolute atomic E-state index is 0.0545. The number of halogens is 1. The number of carbonyl (C=O) groups excluding carboxylic acids is 1. The van der Waals surface area contributed by atoms with E-state index < -0.39 is 0 Å². The van der Waals surface area contributed by atoms with Crippen LogP contribution < -0.4 is 10.1 Å². The second-order valence-corrected chi connectivity index (χ2v) is 6.35. The van der Waals surface area contributed by atoms with Gasteiger partial charge in [0.25, 0.3) is 0 Å². The average Bonchev–Trinajstić information content (AvgIpc) is 3.17. The second kappa shape index (κ2) is 8.51. The molecule has 0 saturated heterocycles. The zero-order chi connectivity index (χ0) is 19.2. The lowest BCUT2D eigenvalue weighted by molar-refractivity contribution is -0.119. The van der Waals surface area contributed by atoms with Crippen molar-refractivity contribution in [3.05, 3.63) is 65.7 Å². The number of pyridine rings is 1. The first-order valence-electron chi connectivity index (χ1n) is 8.30. The van der Waals surface area contributed by atoms with Crippen LogP contribution in [0.5, 0.6) is 11.6 Å². The Morgan fingerprint density at radius 1 is 1.26 bits per heavy atom. The fourth-order valence-corrected chi connectivity index (χ4v) is 2.62. The summed E-state index contributed by atoms with van der Waals surface area (Å²) in [6.45, 7) is 3.38. The van der Waals surface area contributed by atoms with E-state index in [1.165, 1.54) is 6.92 Å². The van der Waals surface area contributed by atoms with Crippen LogP contribution in [-0.2, 0) is 4.79 Å². The Kier molecular flexibility index (Phi) is 5.88. The molecule has 0 radical (unpaired) electrons. The van der Waals surface area contributed by atoms with Gasteiger partial charge in [-0.15, -0.1) is 0 Å². The molecule has 0 aliphatic carbocycles. The highest BCUT2D eigenvalue weighted by Crippen LogP contribution is 2.32. The first-order valence-corrected chi connectivity index (χ1v) is 8.67. The van der Waals surface area contributed by atoms with Gasteiger partial charge in [-0.25, -0.2) is 4.98 Å². The highest BCUT2D eigenvalue weighted by molar-refractivity contribution is 6.32. The van der Waals surface area contributed by atoms with E-state index >= 15 is 0 Å². The van der Waals surface area contributed by atoms with Crippen molar-refractivity contribution in [2.24, 2.45) is 0 Å². The van der Waals surface area contributed by atoms with Gasteiger partial charge in [0.2, 0.25) is 11.8 Å². The number of carbonyl (C=O) groups is 1. The van der Waals surface area contributed by atoms with E-state index in [0.29, 0.717) is 16.7 Å². The molecule has 2 aromatic heterocycles. The number of hydrogen-bond acceptors (Lipinski definition) is 5. The number of aromatic nitrogens is 2. The number of ether oxygens (including phenoxy) is 1. The number of hydrogen-bond donors (Lipinski definition) is 1. The number of amides is 1. The molecule has 0 bridgehead atoms. The zero-order valence-corrected chi connectivity index (χ0v) is 15.6. The molecule has 138 valence electrons. The fraction of sp³-hybridized carbons (Fsp3) is 0.150. The molecule has 6 nitrogen and oxygen atoms in total. The molecule has 1 aromatic carbocycles. The van der Waals surface area contributed by atoms with Gasteiger partial charge in [-0.3, -0.25) is 4.79 Å². The van der Waals surface area contributed by atoms with Gasteiger partial charge in [-0.1, -0.05) is 35.0 Å². The monoisotopic (exact) mass is 383 g/mol.